The number of rotatable bonds is 4. The highest BCUT2D eigenvalue weighted by Gasteiger charge is 2.66. The van der Waals surface area contributed by atoms with E-state index < -0.39 is 5.60 Å². The monoisotopic (exact) mass is 470 g/mol. The van der Waals surface area contributed by atoms with Crippen molar-refractivity contribution in [2.45, 2.75) is 76.7 Å². The molecule has 3 heteroatoms. The van der Waals surface area contributed by atoms with Gasteiger partial charge in [-0.1, -0.05) is 63.1 Å². The first-order valence-electron chi connectivity index (χ1n) is 13.7. The molecule has 2 aromatic carbocycles. The molecule has 0 bridgehead atoms. The van der Waals surface area contributed by atoms with Crippen LogP contribution in [0.5, 0.6) is 5.75 Å². The van der Waals surface area contributed by atoms with Gasteiger partial charge < -0.3 is 9.84 Å². The summed E-state index contributed by atoms with van der Waals surface area (Å²) in [7, 11) is 0. The van der Waals surface area contributed by atoms with E-state index in [0.29, 0.717) is 40.9 Å². The van der Waals surface area contributed by atoms with Gasteiger partial charge >= 0.3 is 5.97 Å². The second-order valence-corrected chi connectivity index (χ2v) is 11.9. The Balaban J connectivity index is 1.31. The van der Waals surface area contributed by atoms with E-state index >= 15 is 0 Å². The average molecular weight is 471 g/mol. The molecule has 184 valence electrons. The van der Waals surface area contributed by atoms with Crippen LogP contribution in [0.15, 0.2) is 60.7 Å². The summed E-state index contributed by atoms with van der Waals surface area (Å²) < 4.78 is 5.78. The van der Waals surface area contributed by atoms with E-state index in [1.807, 2.05) is 24.3 Å². The van der Waals surface area contributed by atoms with E-state index in [1.54, 1.807) is 12.1 Å². The quantitative estimate of drug-likeness (QED) is 0.295. The molecule has 0 aliphatic heterocycles. The molecule has 0 radical (unpaired) electrons. The molecule has 3 unspecified atom stereocenters. The molecule has 2 saturated carbocycles. The summed E-state index contributed by atoms with van der Waals surface area (Å²) >= 11 is 0. The van der Waals surface area contributed by atoms with Crippen molar-refractivity contribution in [3.8, 4) is 5.75 Å². The molecule has 1 N–H and O–H groups in total. The van der Waals surface area contributed by atoms with Crippen molar-refractivity contribution in [3.05, 3.63) is 77.4 Å². The van der Waals surface area contributed by atoms with Crippen LogP contribution in [0.2, 0.25) is 0 Å². The van der Waals surface area contributed by atoms with Crippen molar-refractivity contribution in [1.82, 2.24) is 0 Å². The third-order valence-corrected chi connectivity index (χ3v) is 10.4. The Labute approximate surface area is 209 Å². The lowest BCUT2D eigenvalue weighted by atomic mass is 9.50. The van der Waals surface area contributed by atoms with Crippen molar-refractivity contribution in [1.29, 1.82) is 0 Å². The Bertz CT molecular complexity index is 1140. The zero-order valence-electron chi connectivity index (χ0n) is 21.1. The van der Waals surface area contributed by atoms with Crippen LogP contribution in [0.3, 0.4) is 0 Å². The van der Waals surface area contributed by atoms with Crippen molar-refractivity contribution in [2.75, 3.05) is 0 Å². The van der Waals surface area contributed by atoms with Gasteiger partial charge in [0.25, 0.3) is 0 Å². The van der Waals surface area contributed by atoms with Gasteiger partial charge in [-0.25, -0.2) is 4.79 Å². The fraction of sp³-hybridized carbons (Fsp3) is 0.531. The molecule has 3 nitrogen and oxygen atoms in total. The zero-order valence-corrected chi connectivity index (χ0v) is 21.1. The minimum atomic E-state index is -0.538. The summed E-state index contributed by atoms with van der Waals surface area (Å²) in [5.41, 5.74) is 2.88. The van der Waals surface area contributed by atoms with Crippen LogP contribution < -0.4 is 4.74 Å². The molecule has 2 fully saturated rings. The second kappa shape index (κ2) is 8.62. The highest BCUT2D eigenvalue weighted by atomic mass is 16.5. The van der Waals surface area contributed by atoms with Gasteiger partial charge in [-0.15, -0.1) is 0 Å². The first-order chi connectivity index (χ1) is 16.9. The molecule has 0 aromatic heterocycles. The molecule has 0 amide bonds. The normalized spacial score (nSPS) is 37.1. The van der Waals surface area contributed by atoms with Crippen LogP contribution in [-0.2, 0) is 6.42 Å². The lowest BCUT2D eigenvalue weighted by Crippen LogP contribution is -2.54. The standard InChI is InChI=1S/C32H38O3/c1-3-9-22-18-23-19-25(35-30(33)21-10-5-4-6-11-21)13-14-26(23)27-15-17-31(2)28(29(22)27)20-24-12-7-8-16-32(24,31)34/h4-8,10-11,13-14,19,22,24,27-29,34H,3,9,12,15-18,20H2,1-2H3/t22-,24-,27?,28?,29?,31+,32+/m1/s1. The zero-order chi connectivity index (χ0) is 24.2. The molecule has 4 aliphatic rings. The minimum absolute atomic E-state index is 0.0121. The molecule has 0 spiro atoms. The van der Waals surface area contributed by atoms with Gasteiger partial charge in [-0.2, -0.15) is 0 Å². The average Bonchev–Trinajstić information content (AvgIpc) is 3.11. The van der Waals surface area contributed by atoms with Crippen LogP contribution in [-0.4, -0.2) is 16.7 Å². The summed E-state index contributed by atoms with van der Waals surface area (Å²) in [5, 5.41) is 12.0. The van der Waals surface area contributed by atoms with Gasteiger partial charge in [0, 0.05) is 5.41 Å². The third-order valence-electron chi connectivity index (χ3n) is 10.4. The van der Waals surface area contributed by atoms with E-state index in [1.165, 1.54) is 30.4 Å². The Hall–Kier alpha value is -2.39. The van der Waals surface area contributed by atoms with E-state index in [-0.39, 0.29) is 11.4 Å². The number of hydrogen-bond acceptors (Lipinski definition) is 3. The fourth-order valence-electron chi connectivity index (χ4n) is 8.70. The van der Waals surface area contributed by atoms with Crippen molar-refractivity contribution in [3.63, 3.8) is 0 Å². The number of hydrogen-bond donors (Lipinski definition) is 1. The van der Waals surface area contributed by atoms with Gasteiger partial charge in [0.1, 0.15) is 5.75 Å². The number of carbonyl (C=O) groups is 1. The van der Waals surface area contributed by atoms with Gasteiger partial charge in [-0.3, -0.25) is 0 Å². The van der Waals surface area contributed by atoms with Gasteiger partial charge in [0.2, 0.25) is 0 Å². The Morgan fingerprint density at radius 3 is 2.77 bits per heavy atom. The van der Waals surface area contributed by atoms with E-state index in [2.05, 4.69) is 38.1 Å². The smallest absolute Gasteiger partial charge is 0.343 e. The first-order valence-corrected chi connectivity index (χ1v) is 13.7. The topological polar surface area (TPSA) is 46.5 Å². The molecule has 6 rings (SSSR count). The SMILES string of the molecule is CCC[C@@H]1Cc2cc(OC(=O)c3ccccc3)ccc2C2CC[C@@]3(C)C(C[C@H]4CC=CC[C@]43O)C21. The van der Waals surface area contributed by atoms with Crippen molar-refractivity contribution >= 4 is 5.97 Å². The van der Waals surface area contributed by atoms with Crippen LogP contribution in [0.4, 0.5) is 0 Å². The lowest BCUT2D eigenvalue weighted by Gasteiger charge is -2.56. The van der Waals surface area contributed by atoms with E-state index in [4.69, 9.17) is 4.74 Å². The molecule has 0 saturated heterocycles. The number of carbonyl (C=O) groups excluding carboxylic acids is 1. The molecule has 0 heterocycles. The number of esters is 1. The Kier molecular flexibility index (Phi) is 5.67. The largest absolute Gasteiger partial charge is 0.423 e. The molecule has 7 atom stereocenters. The van der Waals surface area contributed by atoms with Gasteiger partial charge in [0.05, 0.1) is 11.2 Å². The van der Waals surface area contributed by atoms with Gasteiger partial charge in [-0.05, 0) is 104 Å². The third kappa shape index (κ3) is 3.53. The van der Waals surface area contributed by atoms with E-state index in [0.717, 1.165) is 32.1 Å². The number of fused-ring (bicyclic) bond motifs is 7. The number of allylic oxidation sites excluding steroid dienone is 1. The van der Waals surface area contributed by atoms with Crippen molar-refractivity contribution in [2.24, 2.45) is 29.1 Å². The summed E-state index contributed by atoms with van der Waals surface area (Å²) in [6, 6.07) is 15.6. The molecular weight excluding hydrogens is 432 g/mol. The minimum Gasteiger partial charge on any atom is -0.423 e. The Morgan fingerprint density at radius 1 is 1.14 bits per heavy atom. The lowest BCUT2D eigenvalue weighted by molar-refractivity contribution is -0.126. The molecule has 4 aliphatic carbocycles. The molecular formula is C32H38O3. The predicted molar refractivity (Wildman–Crippen MR) is 138 cm³/mol. The van der Waals surface area contributed by atoms with Crippen LogP contribution in [0.1, 0.15) is 86.2 Å². The summed E-state index contributed by atoms with van der Waals surface area (Å²) in [4.78, 5) is 12.6. The van der Waals surface area contributed by atoms with Gasteiger partial charge in [0.15, 0.2) is 0 Å². The van der Waals surface area contributed by atoms with E-state index in [9.17, 15) is 9.90 Å². The fourth-order valence-corrected chi connectivity index (χ4v) is 8.70. The summed E-state index contributed by atoms with van der Waals surface area (Å²) in [6.07, 6.45) is 13.3. The molecule has 35 heavy (non-hydrogen) atoms. The molecule has 2 aromatic rings. The second-order valence-electron chi connectivity index (χ2n) is 11.9. The summed E-state index contributed by atoms with van der Waals surface area (Å²) in [6.45, 7) is 4.72. The number of aliphatic hydroxyl groups is 1. The van der Waals surface area contributed by atoms with Crippen LogP contribution in [0.25, 0.3) is 0 Å². The summed E-state index contributed by atoms with van der Waals surface area (Å²) in [5.74, 6) is 3.14. The maximum atomic E-state index is 12.6. The number of ether oxygens (including phenoxy) is 1. The number of benzene rings is 2. The predicted octanol–water partition coefficient (Wildman–Crippen LogP) is 7.10. The Morgan fingerprint density at radius 2 is 1.97 bits per heavy atom. The maximum absolute atomic E-state index is 12.6. The maximum Gasteiger partial charge on any atom is 0.343 e. The highest BCUT2D eigenvalue weighted by Crippen LogP contribution is 2.69. The first kappa shape index (κ1) is 23.0. The van der Waals surface area contributed by atoms with Crippen LogP contribution >= 0.6 is 0 Å². The highest BCUT2D eigenvalue weighted by molar-refractivity contribution is 5.91. The van der Waals surface area contributed by atoms with Crippen LogP contribution in [0, 0.1) is 29.1 Å². The van der Waals surface area contributed by atoms with Crippen molar-refractivity contribution < 1.29 is 14.6 Å².